The van der Waals surface area contributed by atoms with Gasteiger partial charge in [-0.25, -0.2) is 4.79 Å². The minimum atomic E-state index is -0.818. The molecule has 0 unspecified atom stereocenters. The van der Waals surface area contributed by atoms with E-state index < -0.39 is 24.0 Å². The molecule has 2 amide bonds. The molecule has 0 aliphatic rings. The minimum absolute atomic E-state index is 0.214. The van der Waals surface area contributed by atoms with Crippen LogP contribution in [0.5, 0.6) is 0 Å². The molecular formula is C18H25BrN2O4. The Morgan fingerprint density at radius 1 is 1.08 bits per heavy atom. The fourth-order valence-electron chi connectivity index (χ4n) is 2.41. The number of hydrogen-bond acceptors (Lipinski definition) is 4. The van der Waals surface area contributed by atoms with E-state index in [0.29, 0.717) is 12.8 Å². The number of esters is 1. The molecule has 7 heteroatoms. The van der Waals surface area contributed by atoms with Gasteiger partial charge in [-0.3, -0.25) is 9.59 Å². The number of ether oxygens (including phenoxy) is 1. The van der Waals surface area contributed by atoms with E-state index in [9.17, 15) is 14.4 Å². The van der Waals surface area contributed by atoms with Crippen molar-refractivity contribution in [2.24, 2.45) is 5.92 Å². The summed E-state index contributed by atoms with van der Waals surface area (Å²) >= 11 is 3.36. The van der Waals surface area contributed by atoms with Gasteiger partial charge in [-0.2, -0.15) is 0 Å². The first-order chi connectivity index (χ1) is 11.7. The second kappa shape index (κ2) is 10.2. The molecule has 0 aliphatic heterocycles. The Kier molecular flexibility index (Phi) is 8.61. The molecule has 1 aromatic rings. The maximum atomic E-state index is 12.5. The number of halogens is 1. The zero-order valence-corrected chi connectivity index (χ0v) is 16.6. The molecule has 0 bridgehead atoms. The summed E-state index contributed by atoms with van der Waals surface area (Å²) in [5.41, 5.74) is 0.888. The molecule has 138 valence electrons. The number of benzene rings is 1. The lowest BCUT2D eigenvalue weighted by molar-refractivity contribution is -0.145. The number of amides is 2. The molecule has 0 aromatic heterocycles. The molecule has 1 rings (SSSR count). The number of nitrogens with one attached hydrogen (secondary N) is 2. The van der Waals surface area contributed by atoms with Gasteiger partial charge in [0.25, 0.3) is 0 Å². The molecule has 0 radical (unpaired) electrons. The second-order valence-electron chi connectivity index (χ2n) is 6.30. The van der Waals surface area contributed by atoms with Gasteiger partial charge in [0.1, 0.15) is 12.1 Å². The zero-order valence-electron chi connectivity index (χ0n) is 15.0. The van der Waals surface area contributed by atoms with Crippen molar-refractivity contribution in [2.45, 2.75) is 45.7 Å². The fourth-order valence-corrected chi connectivity index (χ4v) is 2.68. The van der Waals surface area contributed by atoms with Crippen molar-refractivity contribution >= 4 is 33.7 Å². The Balaban J connectivity index is 2.87. The average molecular weight is 413 g/mol. The van der Waals surface area contributed by atoms with Crippen molar-refractivity contribution in [2.75, 3.05) is 7.11 Å². The predicted octanol–water partition coefficient (Wildman–Crippen LogP) is 2.20. The van der Waals surface area contributed by atoms with Crippen LogP contribution in [0.25, 0.3) is 0 Å². The van der Waals surface area contributed by atoms with E-state index in [-0.39, 0.29) is 11.8 Å². The molecule has 0 aliphatic carbocycles. The molecule has 0 saturated heterocycles. The first-order valence-electron chi connectivity index (χ1n) is 8.12. The molecule has 0 saturated carbocycles. The van der Waals surface area contributed by atoms with E-state index >= 15 is 0 Å². The van der Waals surface area contributed by atoms with Gasteiger partial charge in [0.15, 0.2) is 0 Å². The highest BCUT2D eigenvalue weighted by atomic mass is 79.9. The third-order valence-electron chi connectivity index (χ3n) is 3.56. The molecule has 0 fully saturated rings. The van der Waals surface area contributed by atoms with Gasteiger partial charge >= 0.3 is 5.97 Å². The number of carbonyl (C=O) groups excluding carboxylic acids is 3. The topological polar surface area (TPSA) is 84.5 Å². The summed E-state index contributed by atoms with van der Waals surface area (Å²) in [7, 11) is 1.28. The third kappa shape index (κ3) is 7.69. The third-order valence-corrected chi connectivity index (χ3v) is 4.09. The van der Waals surface area contributed by atoms with Gasteiger partial charge < -0.3 is 15.4 Å². The Morgan fingerprint density at radius 2 is 1.68 bits per heavy atom. The Hall–Kier alpha value is -1.89. The van der Waals surface area contributed by atoms with Gasteiger partial charge in [0.05, 0.1) is 7.11 Å². The van der Waals surface area contributed by atoms with Crippen LogP contribution in [0, 0.1) is 5.92 Å². The SMILES string of the molecule is COC(=O)[C@@H](Cc1ccc(Br)cc1)NC(=O)[C@H](CC(C)C)NC(C)=O. The summed E-state index contributed by atoms with van der Waals surface area (Å²) in [6.07, 6.45) is 0.789. The van der Waals surface area contributed by atoms with Crippen molar-refractivity contribution < 1.29 is 19.1 Å². The highest BCUT2D eigenvalue weighted by molar-refractivity contribution is 9.10. The van der Waals surface area contributed by atoms with E-state index in [2.05, 4.69) is 26.6 Å². The maximum absolute atomic E-state index is 12.5. The van der Waals surface area contributed by atoms with Gasteiger partial charge in [-0.05, 0) is 30.0 Å². The summed E-state index contributed by atoms with van der Waals surface area (Å²) in [5.74, 6) is -0.993. The lowest BCUT2D eigenvalue weighted by Gasteiger charge is -2.23. The van der Waals surface area contributed by atoms with Crippen molar-refractivity contribution in [3.63, 3.8) is 0 Å². The average Bonchev–Trinajstić information content (AvgIpc) is 2.53. The Morgan fingerprint density at radius 3 is 2.16 bits per heavy atom. The molecule has 1 aromatic carbocycles. The molecule has 2 atom stereocenters. The van der Waals surface area contributed by atoms with Crippen LogP contribution in [-0.4, -0.2) is 37.0 Å². The van der Waals surface area contributed by atoms with Crippen molar-refractivity contribution in [3.8, 4) is 0 Å². The summed E-state index contributed by atoms with van der Waals surface area (Å²) in [4.78, 5) is 36.0. The van der Waals surface area contributed by atoms with Crippen LogP contribution in [-0.2, 0) is 25.5 Å². The molecule has 0 spiro atoms. The highest BCUT2D eigenvalue weighted by Gasteiger charge is 2.27. The zero-order chi connectivity index (χ0) is 19.0. The van der Waals surface area contributed by atoms with E-state index in [1.165, 1.54) is 14.0 Å². The number of hydrogen-bond donors (Lipinski definition) is 2. The van der Waals surface area contributed by atoms with E-state index in [1.807, 2.05) is 38.1 Å². The maximum Gasteiger partial charge on any atom is 0.328 e. The molecule has 2 N–H and O–H groups in total. The number of rotatable bonds is 8. The van der Waals surface area contributed by atoms with Crippen molar-refractivity contribution in [1.29, 1.82) is 0 Å². The van der Waals surface area contributed by atoms with E-state index in [4.69, 9.17) is 4.74 Å². The van der Waals surface area contributed by atoms with Crippen LogP contribution in [0.4, 0.5) is 0 Å². The predicted molar refractivity (Wildman–Crippen MR) is 98.9 cm³/mol. The minimum Gasteiger partial charge on any atom is -0.467 e. The summed E-state index contributed by atoms with van der Waals surface area (Å²) in [5, 5.41) is 5.34. The first kappa shape index (κ1) is 21.2. The standard InChI is InChI=1S/C18H25BrN2O4/c1-11(2)9-15(20-12(3)22)17(23)21-16(18(24)25-4)10-13-5-7-14(19)8-6-13/h5-8,11,15-16H,9-10H2,1-4H3,(H,20,22)(H,21,23)/t15-,16+/m0/s1. The van der Waals surface area contributed by atoms with Gasteiger partial charge in [0.2, 0.25) is 11.8 Å². The lowest BCUT2D eigenvalue weighted by Crippen LogP contribution is -2.52. The lowest BCUT2D eigenvalue weighted by atomic mass is 10.0. The number of carbonyl (C=O) groups is 3. The van der Waals surface area contributed by atoms with Crippen LogP contribution < -0.4 is 10.6 Å². The second-order valence-corrected chi connectivity index (χ2v) is 7.21. The molecule has 0 heterocycles. The fraction of sp³-hybridized carbons (Fsp3) is 0.500. The van der Waals surface area contributed by atoms with Crippen LogP contribution in [0.3, 0.4) is 0 Å². The Bertz CT molecular complexity index is 602. The van der Waals surface area contributed by atoms with Gasteiger partial charge in [0, 0.05) is 17.8 Å². The smallest absolute Gasteiger partial charge is 0.328 e. The van der Waals surface area contributed by atoms with Crippen LogP contribution in [0.1, 0.15) is 32.8 Å². The van der Waals surface area contributed by atoms with E-state index in [0.717, 1.165) is 10.0 Å². The quantitative estimate of drug-likeness (QED) is 0.640. The molecular weight excluding hydrogens is 388 g/mol. The van der Waals surface area contributed by atoms with Crippen molar-refractivity contribution in [3.05, 3.63) is 34.3 Å². The Labute approximate surface area is 156 Å². The van der Waals surface area contributed by atoms with Crippen LogP contribution in [0.2, 0.25) is 0 Å². The first-order valence-corrected chi connectivity index (χ1v) is 8.92. The summed E-state index contributed by atoms with van der Waals surface area (Å²) in [6, 6.07) is 5.96. The number of methoxy groups -OCH3 is 1. The van der Waals surface area contributed by atoms with Gasteiger partial charge in [-0.15, -0.1) is 0 Å². The normalized spacial score (nSPS) is 13.0. The van der Waals surface area contributed by atoms with Crippen LogP contribution >= 0.6 is 15.9 Å². The van der Waals surface area contributed by atoms with Crippen molar-refractivity contribution in [1.82, 2.24) is 10.6 Å². The van der Waals surface area contributed by atoms with E-state index in [1.54, 1.807) is 0 Å². The van der Waals surface area contributed by atoms with Crippen LogP contribution in [0.15, 0.2) is 28.7 Å². The van der Waals surface area contributed by atoms with Gasteiger partial charge in [-0.1, -0.05) is 41.9 Å². The molecule has 25 heavy (non-hydrogen) atoms. The highest BCUT2D eigenvalue weighted by Crippen LogP contribution is 2.13. The summed E-state index contributed by atoms with van der Waals surface area (Å²) < 4.78 is 5.73. The summed E-state index contributed by atoms with van der Waals surface area (Å²) in [6.45, 7) is 5.28. The monoisotopic (exact) mass is 412 g/mol. The largest absolute Gasteiger partial charge is 0.467 e. The molecule has 6 nitrogen and oxygen atoms in total.